The Kier molecular flexibility index (Phi) is 1.19. The van der Waals surface area contributed by atoms with Crippen LogP contribution in [0.5, 0.6) is 0 Å². The van der Waals surface area contributed by atoms with E-state index in [-0.39, 0.29) is 56.8 Å². The molecule has 0 fully saturated rings. The summed E-state index contributed by atoms with van der Waals surface area (Å²) >= 11 is 1.03. The molecule has 0 saturated heterocycles. The van der Waals surface area contributed by atoms with Crippen molar-refractivity contribution in [3.63, 3.8) is 0 Å². The van der Waals surface area contributed by atoms with Crippen molar-refractivity contribution in [2.75, 3.05) is 0 Å². The fourth-order valence-electron chi connectivity index (χ4n) is 2.15. The van der Waals surface area contributed by atoms with Crippen LogP contribution >= 0.6 is 11.3 Å². The van der Waals surface area contributed by atoms with Crippen molar-refractivity contribution in [2.24, 2.45) is 0 Å². The molecule has 0 bridgehead atoms. The maximum absolute atomic E-state index is 8.47. The van der Waals surface area contributed by atoms with Crippen molar-refractivity contribution in [1.82, 2.24) is 0 Å². The van der Waals surface area contributed by atoms with E-state index in [0.717, 1.165) is 11.3 Å². The van der Waals surface area contributed by atoms with Crippen LogP contribution in [0.2, 0.25) is 0 Å². The van der Waals surface area contributed by atoms with E-state index in [9.17, 15) is 0 Å². The molecule has 1 heterocycles. The molecule has 4 rings (SSSR count). The van der Waals surface area contributed by atoms with Crippen molar-refractivity contribution in [3.05, 3.63) is 72.1 Å². The van der Waals surface area contributed by atoms with Crippen LogP contribution in [-0.4, -0.2) is 0 Å². The zero-order valence-electron chi connectivity index (χ0n) is 20.5. The predicted octanol–water partition coefficient (Wildman–Crippen LogP) is 6.03. The molecule has 0 unspecified atom stereocenters. The predicted molar refractivity (Wildman–Crippen MR) is 89.5 cm³/mol. The lowest BCUT2D eigenvalue weighted by atomic mass is 9.99. The zero-order chi connectivity index (χ0) is 22.2. The number of hydrogen-bond acceptors (Lipinski definition) is 1. The number of benzene rings is 3. The first-order chi connectivity index (χ1) is 14.0. The standard InChI is InChI=1S/C19H14S/c1-13-10-11-16-18(12-13)20-17-9-5-8-15(19(16)17)14-6-3-2-4-7-14/h2-12H,1H3/i2D,3D,4D,5D,6D,8D,9D,10D,11D,12D. The van der Waals surface area contributed by atoms with Crippen LogP contribution in [0.25, 0.3) is 31.3 Å². The van der Waals surface area contributed by atoms with Crippen LogP contribution in [0.1, 0.15) is 19.3 Å². The molecule has 0 N–H and O–H groups in total. The molecule has 0 aliphatic heterocycles. The van der Waals surface area contributed by atoms with Gasteiger partial charge in [-0.25, -0.2) is 0 Å². The normalized spacial score (nSPS) is 18.2. The average Bonchev–Trinajstić information content (AvgIpc) is 3.11. The van der Waals surface area contributed by atoms with Gasteiger partial charge in [0.15, 0.2) is 0 Å². The third-order valence-electron chi connectivity index (χ3n) is 3.02. The van der Waals surface area contributed by atoms with Gasteiger partial charge >= 0.3 is 0 Å². The van der Waals surface area contributed by atoms with E-state index in [1.165, 1.54) is 6.07 Å². The first-order valence-electron chi connectivity index (χ1n) is 11.0. The third-order valence-corrected chi connectivity index (χ3v) is 4.04. The molecule has 0 aliphatic carbocycles. The van der Waals surface area contributed by atoms with Gasteiger partial charge in [-0.1, -0.05) is 54.4 Å². The van der Waals surface area contributed by atoms with E-state index in [1.54, 1.807) is 6.92 Å². The molecule has 4 aromatic rings. The fraction of sp³-hybridized carbons (Fsp3) is 0.0526. The van der Waals surface area contributed by atoms with Crippen LogP contribution in [-0.2, 0) is 0 Å². The van der Waals surface area contributed by atoms with Gasteiger partial charge in [-0.15, -0.1) is 11.3 Å². The Morgan fingerprint density at radius 2 is 1.85 bits per heavy atom. The monoisotopic (exact) mass is 284 g/mol. The maximum atomic E-state index is 8.47. The van der Waals surface area contributed by atoms with Crippen molar-refractivity contribution in [1.29, 1.82) is 0 Å². The minimum Gasteiger partial charge on any atom is -0.135 e. The highest BCUT2D eigenvalue weighted by Crippen LogP contribution is 2.39. The van der Waals surface area contributed by atoms with Gasteiger partial charge in [-0.3, -0.25) is 0 Å². The Bertz CT molecular complexity index is 1400. The van der Waals surface area contributed by atoms with E-state index < -0.39 is 30.2 Å². The molecule has 0 nitrogen and oxygen atoms in total. The lowest BCUT2D eigenvalue weighted by Crippen LogP contribution is -1.78. The third kappa shape index (κ3) is 1.75. The van der Waals surface area contributed by atoms with Crippen LogP contribution in [0.4, 0.5) is 0 Å². The summed E-state index contributed by atoms with van der Waals surface area (Å²) in [6.07, 6.45) is 0. The van der Waals surface area contributed by atoms with E-state index in [1.807, 2.05) is 0 Å². The maximum Gasteiger partial charge on any atom is 0.0641 e. The molecular weight excluding hydrogens is 260 g/mol. The summed E-state index contributed by atoms with van der Waals surface area (Å²) in [5, 5.41) is 0.401. The van der Waals surface area contributed by atoms with Crippen molar-refractivity contribution >= 4 is 31.5 Å². The molecule has 1 heteroatoms. The molecule has 20 heavy (non-hydrogen) atoms. The summed E-state index contributed by atoms with van der Waals surface area (Å²) in [5.74, 6) is 0. The molecule has 96 valence electrons. The van der Waals surface area contributed by atoms with Gasteiger partial charge in [0.05, 0.1) is 13.7 Å². The summed E-state index contributed by atoms with van der Waals surface area (Å²) in [7, 11) is 0. The Balaban J connectivity index is 2.36. The van der Waals surface area contributed by atoms with E-state index in [0.29, 0.717) is 10.3 Å². The van der Waals surface area contributed by atoms with E-state index in [4.69, 9.17) is 13.7 Å². The van der Waals surface area contributed by atoms with Gasteiger partial charge in [0.2, 0.25) is 0 Å². The van der Waals surface area contributed by atoms with Gasteiger partial charge in [0.1, 0.15) is 0 Å². The number of hydrogen-bond donors (Lipinski definition) is 0. The van der Waals surface area contributed by atoms with Crippen molar-refractivity contribution in [3.8, 4) is 11.1 Å². The van der Waals surface area contributed by atoms with Gasteiger partial charge in [0, 0.05) is 20.2 Å². The second-order valence-corrected chi connectivity index (χ2v) is 5.36. The number of rotatable bonds is 1. The summed E-state index contributed by atoms with van der Waals surface area (Å²) < 4.78 is 82.6. The summed E-state index contributed by atoms with van der Waals surface area (Å²) in [5.41, 5.74) is 0.314. The zero-order valence-corrected chi connectivity index (χ0v) is 11.3. The van der Waals surface area contributed by atoms with Gasteiger partial charge < -0.3 is 0 Å². The molecule has 0 spiro atoms. The van der Waals surface area contributed by atoms with Gasteiger partial charge in [0.25, 0.3) is 0 Å². The lowest BCUT2D eigenvalue weighted by Gasteiger charge is -2.04. The first kappa shape index (κ1) is 5.34. The molecule has 0 radical (unpaired) electrons. The lowest BCUT2D eigenvalue weighted by molar-refractivity contribution is 1.52. The van der Waals surface area contributed by atoms with Crippen molar-refractivity contribution < 1.29 is 13.7 Å². The second kappa shape index (κ2) is 4.46. The SMILES string of the molecule is [2H]c1cc(-c2c([2H])c([2H])c([2H])c3sc4c([2H])c(C)c([2H])c([2H])c4c23)c([2H])c([2H])c1[2H]. The molecule has 0 aliphatic rings. The van der Waals surface area contributed by atoms with Gasteiger partial charge in [-0.2, -0.15) is 0 Å². The quantitative estimate of drug-likeness (QED) is 0.400. The minimum absolute atomic E-state index is 0.0118. The smallest absolute Gasteiger partial charge is 0.0641 e. The van der Waals surface area contributed by atoms with E-state index >= 15 is 0 Å². The Labute approximate surface area is 136 Å². The first-order valence-corrected chi connectivity index (χ1v) is 6.80. The Morgan fingerprint density at radius 1 is 0.900 bits per heavy atom. The highest BCUT2D eigenvalue weighted by Gasteiger charge is 2.10. The van der Waals surface area contributed by atoms with Gasteiger partial charge in [-0.05, 0) is 35.7 Å². The van der Waals surface area contributed by atoms with Crippen LogP contribution in [0, 0.1) is 6.92 Å². The molecule has 0 saturated carbocycles. The molecule has 3 aromatic carbocycles. The number of fused-ring (bicyclic) bond motifs is 3. The Hall–Kier alpha value is -2.12. The topological polar surface area (TPSA) is 0 Å². The Morgan fingerprint density at radius 3 is 2.80 bits per heavy atom. The minimum atomic E-state index is -0.490. The fourth-order valence-corrected chi connectivity index (χ4v) is 3.22. The second-order valence-electron chi connectivity index (χ2n) is 4.34. The van der Waals surface area contributed by atoms with Crippen LogP contribution in [0.3, 0.4) is 0 Å². The molecule has 0 amide bonds. The highest BCUT2D eigenvalue weighted by molar-refractivity contribution is 7.25. The average molecular weight is 284 g/mol. The summed E-state index contributed by atoms with van der Waals surface area (Å²) in [6, 6.07) is -1.78. The number of thiophene rings is 1. The highest BCUT2D eigenvalue weighted by atomic mass is 32.1. The van der Waals surface area contributed by atoms with E-state index in [2.05, 4.69) is 0 Å². The largest absolute Gasteiger partial charge is 0.135 e. The molecule has 0 atom stereocenters. The van der Waals surface area contributed by atoms with Crippen molar-refractivity contribution in [2.45, 2.75) is 6.92 Å². The molecule has 1 aromatic heterocycles. The molecular formula is C19H14S. The summed E-state index contributed by atoms with van der Waals surface area (Å²) in [6.45, 7) is 1.56. The van der Waals surface area contributed by atoms with Crippen LogP contribution in [0.15, 0.2) is 66.5 Å². The van der Waals surface area contributed by atoms with Crippen LogP contribution < -0.4 is 0 Å². The summed E-state index contributed by atoms with van der Waals surface area (Å²) in [4.78, 5) is 0.